The zero-order valence-electron chi connectivity index (χ0n) is 15.2. The molecule has 0 bridgehead atoms. The standard InChI is InChI=1S/C23H15ClN2O3/c24-19-7-4-8-21(15-19)25-22(17-5-2-1-3-6-17)14-18(23(25)27)13-16-9-11-20(12-10-16)26(28)29/h1-15H/b18-13+. The Morgan fingerprint density at radius 2 is 1.66 bits per heavy atom. The first-order valence-corrected chi connectivity index (χ1v) is 9.24. The van der Waals surface area contributed by atoms with Crippen LogP contribution in [-0.4, -0.2) is 10.8 Å². The highest BCUT2D eigenvalue weighted by Gasteiger charge is 2.30. The normalized spacial score (nSPS) is 14.9. The maximum absolute atomic E-state index is 13.2. The van der Waals surface area contributed by atoms with Gasteiger partial charge >= 0.3 is 0 Å². The Labute approximate surface area is 172 Å². The van der Waals surface area contributed by atoms with Gasteiger partial charge in [-0.05, 0) is 53.6 Å². The number of halogens is 1. The van der Waals surface area contributed by atoms with E-state index in [1.807, 2.05) is 42.5 Å². The molecule has 0 fully saturated rings. The summed E-state index contributed by atoms with van der Waals surface area (Å²) < 4.78 is 0. The molecule has 0 aliphatic carbocycles. The van der Waals surface area contributed by atoms with E-state index in [0.717, 1.165) is 11.3 Å². The topological polar surface area (TPSA) is 63.4 Å². The van der Waals surface area contributed by atoms with E-state index in [1.54, 1.807) is 41.3 Å². The number of benzene rings is 3. The number of amides is 1. The van der Waals surface area contributed by atoms with E-state index in [1.165, 1.54) is 12.1 Å². The Morgan fingerprint density at radius 1 is 0.931 bits per heavy atom. The number of non-ortho nitro benzene ring substituents is 1. The van der Waals surface area contributed by atoms with Gasteiger partial charge in [0.15, 0.2) is 0 Å². The van der Waals surface area contributed by atoms with Crippen molar-refractivity contribution in [3.05, 3.63) is 117 Å². The summed E-state index contributed by atoms with van der Waals surface area (Å²) in [5, 5.41) is 11.4. The van der Waals surface area contributed by atoms with Crippen molar-refractivity contribution in [1.82, 2.24) is 0 Å². The van der Waals surface area contributed by atoms with Crippen LogP contribution in [0.4, 0.5) is 11.4 Å². The Bertz CT molecular complexity index is 1150. The van der Waals surface area contributed by atoms with E-state index in [2.05, 4.69) is 0 Å². The van der Waals surface area contributed by atoms with E-state index in [9.17, 15) is 14.9 Å². The number of nitro benzene ring substituents is 1. The molecule has 3 aromatic carbocycles. The third-order valence-corrected chi connectivity index (χ3v) is 4.78. The summed E-state index contributed by atoms with van der Waals surface area (Å²) in [6.07, 6.45) is 3.54. The molecule has 0 aromatic heterocycles. The van der Waals surface area contributed by atoms with Crippen molar-refractivity contribution >= 4 is 40.7 Å². The van der Waals surface area contributed by atoms with Crippen molar-refractivity contribution < 1.29 is 9.72 Å². The molecule has 3 aromatic rings. The summed E-state index contributed by atoms with van der Waals surface area (Å²) in [6, 6.07) is 22.8. The van der Waals surface area contributed by atoms with Crippen molar-refractivity contribution in [2.75, 3.05) is 4.90 Å². The molecule has 142 valence electrons. The first-order valence-electron chi connectivity index (χ1n) is 8.86. The van der Waals surface area contributed by atoms with Crippen molar-refractivity contribution in [3.8, 4) is 0 Å². The number of carbonyl (C=O) groups excluding carboxylic acids is 1. The Balaban J connectivity index is 1.78. The van der Waals surface area contributed by atoms with E-state index < -0.39 is 4.92 Å². The lowest BCUT2D eigenvalue weighted by Gasteiger charge is -2.21. The van der Waals surface area contributed by atoms with Crippen LogP contribution in [0.1, 0.15) is 11.1 Å². The molecule has 0 unspecified atom stereocenters. The van der Waals surface area contributed by atoms with Crippen LogP contribution in [0.25, 0.3) is 11.8 Å². The second kappa shape index (κ2) is 7.73. The van der Waals surface area contributed by atoms with Gasteiger partial charge in [0.05, 0.1) is 16.3 Å². The number of hydrogen-bond acceptors (Lipinski definition) is 3. The molecular formula is C23H15ClN2O3. The van der Waals surface area contributed by atoms with Crippen LogP contribution < -0.4 is 4.90 Å². The van der Waals surface area contributed by atoms with Gasteiger partial charge in [-0.2, -0.15) is 0 Å². The van der Waals surface area contributed by atoms with Gasteiger partial charge in [-0.25, -0.2) is 0 Å². The monoisotopic (exact) mass is 402 g/mol. The van der Waals surface area contributed by atoms with Gasteiger partial charge in [-0.15, -0.1) is 0 Å². The maximum Gasteiger partial charge on any atom is 0.269 e. The number of hydrogen-bond donors (Lipinski definition) is 0. The second-order valence-corrected chi connectivity index (χ2v) is 6.90. The third kappa shape index (κ3) is 3.81. The number of rotatable bonds is 4. The molecule has 5 nitrogen and oxygen atoms in total. The minimum absolute atomic E-state index is 0.00553. The van der Waals surface area contributed by atoms with Crippen LogP contribution in [0, 0.1) is 10.1 Å². The minimum atomic E-state index is -0.452. The van der Waals surface area contributed by atoms with E-state index >= 15 is 0 Å². The first-order chi connectivity index (χ1) is 14.0. The third-order valence-electron chi connectivity index (χ3n) is 4.55. The molecule has 6 heteroatoms. The van der Waals surface area contributed by atoms with Gasteiger partial charge in [0.25, 0.3) is 11.6 Å². The largest absolute Gasteiger partial charge is 0.276 e. The molecule has 0 saturated heterocycles. The summed E-state index contributed by atoms with van der Waals surface area (Å²) in [5.74, 6) is -0.190. The van der Waals surface area contributed by atoms with E-state index in [-0.39, 0.29) is 11.6 Å². The predicted molar refractivity (Wildman–Crippen MR) is 114 cm³/mol. The molecule has 1 aliphatic rings. The average molecular weight is 403 g/mol. The molecule has 29 heavy (non-hydrogen) atoms. The lowest BCUT2D eigenvalue weighted by molar-refractivity contribution is -0.384. The molecule has 1 aliphatic heterocycles. The number of carbonyl (C=O) groups is 1. The van der Waals surface area contributed by atoms with Gasteiger partial charge in [-0.1, -0.05) is 48.0 Å². The van der Waals surface area contributed by atoms with Crippen molar-refractivity contribution in [2.24, 2.45) is 0 Å². The summed E-state index contributed by atoms with van der Waals surface area (Å²) in [7, 11) is 0. The average Bonchev–Trinajstić information content (AvgIpc) is 3.05. The number of nitro groups is 1. The van der Waals surface area contributed by atoms with Crippen LogP contribution in [-0.2, 0) is 4.79 Å². The quantitative estimate of drug-likeness (QED) is 0.318. The highest BCUT2D eigenvalue weighted by molar-refractivity contribution is 6.31. The van der Waals surface area contributed by atoms with Gasteiger partial charge in [-0.3, -0.25) is 19.8 Å². The SMILES string of the molecule is O=C1/C(=C/c2ccc([N+](=O)[O-])cc2)C=C(c2ccccc2)N1c1cccc(Cl)c1. The van der Waals surface area contributed by atoms with Crippen molar-refractivity contribution in [3.63, 3.8) is 0 Å². The smallest absolute Gasteiger partial charge is 0.269 e. The Hall–Kier alpha value is -3.70. The zero-order chi connectivity index (χ0) is 20.4. The zero-order valence-corrected chi connectivity index (χ0v) is 15.9. The van der Waals surface area contributed by atoms with Crippen molar-refractivity contribution in [1.29, 1.82) is 0 Å². The molecule has 0 saturated carbocycles. The van der Waals surface area contributed by atoms with Crippen LogP contribution >= 0.6 is 11.6 Å². The van der Waals surface area contributed by atoms with Gasteiger partial charge in [0.1, 0.15) is 0 Å². The molecule has 1 heterocycles. The van der Waals surface area contributed by atoms with Gasteiger partial charge in [0.2, 0.25) is 0 Å². The van der Waals surface area contributed by atoms with E-state index in [4.69, 9.17) is 11.6 Å². The fourth-order valence-electron chi connectivity index (χ4n) is 3.18. The second-order valence-electron chi connectivity index (χ2n) is 6.46. The van der Waals surface area contributed by atoms with Crippen LogP contribution in [0.5, 0.6) is 0 Å². The number of anilines is 1. The molecule has 0 spiro atoms. The minimum Gasteiger partial charge on any atom is -0.276 e. The van der Waals surface area contributed by atoms with Crippen LogP contribution in [0.15, 0.2) is 90.5 Å². The van der Waals surface area contributed by atoms with Gasteiger partial charge < -0.3 is 0 Å². The van der Waals surface area contributed by atoms with Gasteiger partial charge in [0, 0.05) is 22.7 Å². The van der Waals surface area contributed by atoms with Crippen LogP contribution in [0.3, 0.4) is 0 Å². The Kier molecular flexibility index (Phi) is 4.97. The summed E-state index contributed by atoms with van der Waals surface area (Å²) in [5.41, 5.74) is 3.50. The summed E-state index contributed by atoms with van der Waals surface area (Å²) >= 11 is 6.14. The molecule has 4 rings (SSSR count). The fourth-order valence-corrected chi connectivity index (χ4v) is 3.36. The van der Waals surface area contributed by atoms with E-state index in [0.29, 0.717) is 21.8 Å². The first kappa shape index (κ1) is 18.7. The summed E-state index contributed by atoms with van der Waals surface area (Å²) in [4.78, 5) is 25.3. The lowest BCUT2D eigenvalue weighted by Crippen LogP contribution is -2.24. The molecule has 1 amide bonds. The lowest BCUT2D eigenvalue weighted by atomic mass is 10.1. The van der Waals surface area contributed by atoms with Crippen LogP contribution in [0.2, 0.25) is 5.02 Å². The highest BCUT2D eigenvalue weighted by Crippen LogP contribution is 2.36. The molecule has 0 atom stereocenters. The Morgan fingerprint density at radius 3 is 2.31 bits per heavy atom. The maximum atomic E-state index is 13.2. The fraction of sp³-hybridized carbons (Fsp3) is 0. The highest BCUT2D eigenvalue weighted by atomic mass is 35.5. The van der Waals surface area contributed by atoms with Crippen molar-refractivity contribution in [2.45, 2.75) is 0 Å². The molecule has 0 radical (unpaired) electrons. The predicted octanol–water partition coefficient (Wildman–Crippen LogP) is 5.72. The molecular weight excluding hydrogens is 388 g/mol. The summed E-state index contributed by atoms with van der Waals surface area (Å²) in [6.45, 7) is 0. The molecule has 0 N–H and O–H groups in total. The number of nitrogens with zero attached hydrogens (tertiary/aromatic N) is 2.